The summed E-state index contributed by atoms with van der Waals surface area (Å²) in [6, 6.07) is 14.9. The van der Waals surface area contributed by atoms with Crippen LogP contribution in [0.2, 0.25) is 0 Å². The van der Waals surface area contributed by atoms with E-state index in [9.17, 15) is 14.4 Å². The predicted octanol–water partition coefficient (Wildman–Crippen LogP) is 3.96. The van der Waals surface area contributed by atoms with Crippen molar-refractivity contribution in [3.63, 3.8) is 0 Å². The second-order valence-electron chi connectivity index (χ2n) is 9.72. The number of likely N-dealkylation sites (tertiary alicyclic amines) is 1. The molecule has 0 radical (unpaired) electrons. The van der Waals surface area contributed by atoms with Crippen LogP contribution >= 0.6 is 0 Å². The summed E-state index contributed by atoms with van der Waals surface area (Å²) < 4.78 is 0. The van der Waals surface area contributed by atoms with Gasteiger partial charge < -0.3 is 0 Å². The van der Waals surface area contributed by atoms with Crippen LogP contribution in [0.15, 0.2) is 60.7 Å². The molecule has 5 heteroatoms. The highest BCUT2D eigenvalue weighted by atomic mass is 16.2. The average Bonchev–Trinajstić information content (AvgIpc) is 3.60. The summed E-state index contributed by atoms with van der Waals surface area (Å²) in [6.07, 6.45) is 5.48. The Morgan fingerprint density at radius 3 is 2.16 bits per heavy atom. The van der Waals surface area contributed by atoms with Crippen molar-refractivity contribution in [3.8, 4) is 0 Å². The molecule has 1 aliphatic heterocycles. The van der Waals surface area contributed by atoms with E-state index in [0.29, 0.717) is 17.4 Å². The maximum Gasteiger partial charge on any atom is 0.259 e. The number of allylic oxidation sites excluding steroid dienone is 2. The number of hydrogen-bond acceptors (Lipinski definition) is 3. The third-order valence-electron chi connectivity index (χ3n) is 8.17. The van der Waals surface area contributed by atoms with Gasteiger partial charge in [-0.05, 0) is 73.3 Å². The molecule has 32 heavy (non-hydrogen) atoms. The van der Waals surface area contributed by atoms with E-state index in [-0.39, 0.29) is 48.1 Å². The van der Waals surface area contributed by atoms with E-state index in [1.165, 1.54) is 4.90 Å². The van der Waals surface area contributed by atoms with E-state index < -0.39 is 0 Å². The zero-order valence-corrected chi connectivity index (χ0v) is 18.3. The molecule has 3 fully saturated rings. The van der Waals surface area contributed by atoms with Crippen LogP contribution in [-0.2, 0) is 9.59 Å². The Bertz CT molecular complexity index is 1130. The second-order valence-corrected chi connectivity index (χ2v) is 9.72. The van der Waals surface area contributed by atoms with Gasteiger partial charge in [0.05, 0.1) is 11.8 Å². The topological polar surface area (TPSA) is 57.7 Å². The molecule has 5 aliphatic rings. The van der Waals surface area contributed by atoms with E-state index in [0.717, 1.165) is 23.2 Å². The number of aryl methyl sites for hydroxylation is 1. The normalized spacial score (nSPS) is 31.5. The van der Waals surface area contributed by atoms with Gasteiger partial charge in [-0.25, -0.2) is 0 Å². The number of benzene rings is 2. The Morgan fingerprint density at radius 1 is 0.906 bits per heavy atom. The summed E-state index contributed by atoms with van der Waals surface area (Å²) in [5.41, 5.74) is 3.30. The smallest absolute Gasteiger partial charge is 0.259 e. The first-order valence-electron chi connectivity index (χ1n) is 11.4. The van der Waals surface area contributed by atoms with E-state index >= 15 is 0 Å². The molecule has 0 N–H and O–H groups in total. The Balaban J connectivity index is 1.37. The van der Waals surface area contributed by atoms with Crippen LogP contribution in [0.5, 0.6) is 0 Å². The molecular formula is C27H26N2O3. The van der Waals surface area contributed by atoms with Crippen LogP contribution in [0.25, 0.3) is 0 Å². The molecule has 0 aromatic heterocycles. The molecule has 4 aliphatic carbocycles. The van der Waals surface area contributed by atoms with Gasteiger partial charge >= 0.3 is 0 Å². The Kier molecular flexibility index (Phi) is 4.19. The molecule has 7 rings (SSSR count). The highest BCUT2D eigenvalue weighted by Crippen LogP contribution is 2.65. The Hall–Kier alpha value is -3.21. The van der Waals surface area contributed by atoms with Crippen molar-refractivity contribution in [2.45, 2.75) is 20.3 Å². The number of rotatable bonds is 4. The van der Waals surface area contributed by atoms with E-state index in [1.54, 1.807) is 17.0 Å². The van der Waals surface area contributed by atoms with Gasteiger partial charge in [-0.15, -0.1) is 0 Å². The van der Waals surface area contributed by atoms with Crippen LogP contribution in [0, 0.1) is 49.4 Å². The van der Waals surface area contributed by atoms with Crippen molar-refractivity contribution < 1.29 is 14.4 Å². The van der Waals surface area contributed by atoms with Crippen LogP contribution < -0.4 is 4.90 Å². The molecule has 0 spiro atoms. The average molecular weight is 427 g/mol. The van der Waals surface area contributed by atoms with Crippen LogP contribution in [0.3, 0.4) is 0 Å². The van der Waals surface area contributed by atoms with E-state index in [1.807, 2.05) is 50.2 Å². The SMILES string of the molecule is Cc1cccc(N(CN2C(=O)[C@@H]3[C@@H]4C=C[C@H]([C@H]5C[C@H]45)[C@@H]3C2=O)C(=O)c2ccccc2)c1C. The van der Waals surface area contributed by atoms with E-state index in [4.69, 9.17) is 0 Å². The van der Waals surface area contributed by atoms with Gasteiger partial charge in [0.15, 0.2) is 0 Å². The fraction of sp³-hybridized carbons (Fsp3) is 0.370. The lowest BCUT2D eigenvalue weighted by Crippen LogP contribution is -2.45. The minimum atomic E-state index is -0.256. The van der Waals surface area contributed by atoms with Gasteiger partial charge in [0.2, 0.25) is 11.8 Å². The summed E-state index contributed by atoms with van der Waals surface area (Å²) in [6.45, 7) is 3.93. The largest absolute Gasteiger partial charge is 0.289 e. The molecule has 2 aromatic rings. The maximum absolute atomic E-state index is 13.6. The zero-order valence-electron chi connectivity index (χ0n) is 18.3. The molecule has 6 atom stereocenters. The van der Waals surface area contributed by atoms with E-state index in [2.05, 4.69) is 12.2 Å². The van der Waals surface area contributed by atoms with Crippen LogP contribution in [0.1, 0.15) is 27.9 Å². The zero-order chi connectivity index (χ0) is 22.1. The predicted molar refractivity (Wildman–Crippen MR) is 121 cm³/mol. The monoisotopic (exact) mass is 426 g/mol. The quantitative estimate of drug-likeness (QED) is 0.549. The number of hydrogen-bond donors (Lipinski definition) is 0. The molecule has 5 nitrogen and oxygen atoms in total. The van der Waals surface area contributed by atoms with Gasteiger partial charge in [0, 0.05) is 11.3 Å². The second kappa shape index (κ2) is 6.89. The summed E-state index contributed by atoms with van der Waals surface area (Å²) in [7, 11) is 0. The third kappa shape index (κ3) is 2.66. The molecule has 1 heterocycles. The van der Waals surface area contributed by atoms with Crippen LogP contribution in [0.4, 0.5) is 5.69 Å². The van der Waals surface area contributed by atoms with Crippen molar-refractivity contribution in [1.82, 2.24) is 4.90 Å². The van der Waals surface area contributed by atoms with Crippen LogP contribution in [-0.4, -0.2) is 29.3 Å². The van der Waals surface area contributed by atoms with Crippen molar-refractivity contribution in [1.29, 1.82) is 0 Å². The van der Waals surface area contributed by atoms with Gasteiger partial charge in [0.25, 0.3) is 5.91 Å². The molecule has 2 aromatic carbocycles. The van der Waals surface area contributed by atoms with Gasteiger partial charge in [-0.3, -0.25) is 24.2 Å². The summed E-state index contributed by atoms with van der Waals surface area (Å²) in [5, 5.41) is 0. The number of carbonyl (C=O) groups excluding carboxylic acids is 3. The summed E-state index contributed by atoms with van der Waals surface area (Å²) >= 11 is 0. The first-order valence-corrected chi connectivity index (χ1v) is 11.4. The molecule has 162 valence electrons. The Morgan fingerprint density at radius 2 is 1.53 bits per heavy atom. The summed E-state index contributed by atoms with van der Waals surface area (Å²) in [5.74, 6) is 0.529. The molecule has 2 bridgehead atoms. The van der Waals surface area contributed by atoms with Gasteiger partial charge in [-0.2, -0.15) is 0 Å². The lowest BCUT2D eigenvalue weighted by atomic mass is 9.63. The first kappa shape index (κ1) is 19.5. The Labute approximate surface area is 187 Å². The highest BCUT2D eigenvalue weighted by molar-refractivity contribution is 6.10. The van der Waals surface area contributed by atoms with Crippen molar-refractivity contribution in [3.05, 3.63) is 77.4 Å². The summed E-state index contributed by atoms with van der Waals surface area (Å²) in [4.78, 5) is 43.6. The van der Waals surface area contributed by atoms with Crippen molar-refractivity contribution in [2.24, 2.45) is 35.5 Å². The molecule has 2 saturated carbocycles. The third-order valence-corrected chi connectivity index (χ3v) is 8.17. The number of amides is 3. The van der Waals surface area contributed by atoms with Crippen molar-refractivity contribution >= 4 is 23.4 Å². The standard InChI is InChI=1S/C27H26N2O3/c1-15-7-6-10-22(16(15)2)28(25(30)17-8-4-3-5-9-17)14-29-26(31)23-18-11-12-19(21-13-20(18)21)24(23)27(29)32/h3-12,18-21,23-24H,13-14H2,1-2H3/t18-,19-,20-,21-,23-,24+/m1/s1. The lowest BCUT2D eigenvalue weighted by Gasteiger charge is -2.37. The minimum Gasteiger partial charge on any atom is -0.289 e. The first-order chi connectivity index (χ1) is 15.5. The minimum absolute atomic E-state index is 0.0442. The molecule has 0 unspecified atom stereocenters. The van der Waals surface area contributed by atoms with Gasteiger partial charge in [-0.1, -0.05) is 42.5 Å². The number of anilines is 1. The number of nitrogens with zero attached hydrogens (tertiary/aromatic N) is 2. The number of imide groups is 1. The fourth-order valence-electron chi connectivity index (χ4n) is 6.31. The highest BCUT2D eigenvalue weighted by Gasteiger charge is 2.67. The molecular weight excluding hydrogens is 400 g/mol. The van der Waals surface area contributed by atoms with Crippen molar-refractivity contribution in [2.75, 3.05) is 11.6 Å². The maximum atomic E-state index is 13.6. The fourth-order valence-corrected chi connectivity index (χ4v) is 6.31. The lowest BCUT2D eigenvalue weighted by molar-refractivity contribution is -0.140. The number of carbonyl (C=O) groups is 3. The van der Waals surface area contributed by atoms with Gasteiger partial charge in [0.1, 0.15) is 6.67 Å². The molecule has 1 saturated heterocycles. The molecule has 3 amide bonds.